The highest BCUT2D eigenvalue weighted by molar-refractivity contribution is 6.10. The van der Waals surface area contributed by atoms with Crippen LogP contribution in [0, 0.1) is 22.7 Å². The molecule has 1 aromatic heterocycles. The van der Waals surface area contributed by atoms with E-state index in [1.165, 1.54) is 112 Å². The minimum atomic E-state index is -0.672. The van der Waals surface area contributed by atoms with Crippen LogP contribution >= 0.6 is 0 Å². The molecule has 316 valence electrons. The number of aromatic nitrogens is 1. The van der Waals surface area contributed by atoms with Crippen LogP contribution < -0.4 is 0 Å². The van der Waals surface area contributed by atoms with Crippen molar-refractivity contribution < 1.29 is 0 Å². The zero-order chi connectivity index (χ0) is 44.0. The Bertz CT molecular complexity index is 3060. The van der Waals surface area contributed by atoms with Crippen LogP contribution in [-0.2, 0) is 5.41 Å². The summed E-state index contributed by atoms with van der Waals surface area (Å²) in [4.78, 5) is 0. The zero-order valence-corrected chi connectivity index (χ0v) is 37.8. The van der Waals surface area contributed by atoms with E-state index >= 15 is 0 Å². The normalized spacial score (nSPS) is 13.9. The molecule has 0 aliphatic heterocycles. The molecule has 1 spiro atoms. The Balaban J connectivity index is 1.15. The van der Waals surface area contributed by atoms with Gasteiger partial charge in [-0.15, -0.1) is 0 Å². The minimum absolute atomic E-state index is 0.545. The minimum Gasteiger partial charge on any atom is -0.309 e. The van der Waals surface area contributed by atoms with Gasteiger partial charge in [0.2, 0.25) is 0 Å². The quantitative estimate of drug-likeness (QED) is 0.103. The molecule has 3 nitrogen and oxygen atoms in total. The molecule has 64 heavy (non-hydrogen) atoms. The molecule has 0 N–H and O–H groups in total. The van der Waals surface area contributed by atoms with E-state index in [1.54, 1.807) is 0 Å². The first-order valence-electron chi connectivity index (χ1n) is 24.0. The lowest BCUT2D eigenvalue weighted by molar-refractivity contribution is 0.542. The molecule has 2 atom stereocenters. The van der Waals surface area contributed by atoms with Crippen LogP contribution in [-0.4, -0.2) is 4.57 Å². The summed E-state index contributed by atoms with van der Waals surface area (Å²) in [6.07, 6.45) is 12.4. The topological polar surface area (TPSA) is 52.5 Å². The summed E-state index contributed by atoms with van der Waals surface area (Å²) in [6, 6.07) is 56.4. The molecule has 0 saturated carbocycles. The largest absolute Gasteiger partial charge is 0.309 e. The van der Waals surface area contributed by atoms with Crippen molar-refractivity contribution in [2.75, 3.05) is 0 Å². The number of nitriles is 2. The second-order valence-electron chi connectivity index (χ2n) is 18.4. The molecule has 2 aliphatic carbocycles. The predicted molar refractivity (Wildman–Crippen MR) is 266 cm³/mol. The Morgan fingerprint density at radius 1 is 0.469 bits per heavy atom. The van der Waals surface area contributed by atoms with Crippen molar-refractivity contribution in [1.82, 2.24) is 4.57 Å². The summed E-state index contributed by atoms with van der Waals surface area (Å²) in [5.74, 6) is 1.09. The number of fused-ring (bicyclic) bond motifs is 13. The fourth-order valence-electron chi connectivity index (χ4n) is 11.7. The number of benzene rings is 7. The average molecular weight is 832 g/mol. The summed E-state index contributed by atoms with van der Waals surface area (Å²) in [7, 11) is 0. The molecule has 1 heterocycles. The lowest BCUT2D eigenvalue weighted by Gasteiger charge is -2.31. The molecule has 0 bridgehead atoms. The Hall–Kier alpha value is -6.68. The standard InChI is InChI=1S/C61H57N3/c1-5-9-11-17-42(7-3)46-33-47(43(8-4)18-12-10-6-2)35-48(34-46)64-59-22-16-14-20-53(59)54-36-44(26-30-60(54)64)45-25-29-52-49-19-13-15-21-55(49)61(58(52)37-45)56-31-40(38-62)23-27-50(56)51-28-24-41(39-63)32-57(51)61/h13-16,19-37,42-43H,5-12,17-18H2,1-4H3. The van der Waals surface area contributed by atoms with Crippen LogP contribution in [0.2, 0.25) is 0 Å². The van der Waals surface area contributed by atoms with Crippen molar-refractivity contribution >= 4 is 21.8 Å². The first-order valence-corrected chi connectivity index (χ1v) is 24.0. The summed E-state index contributed by atoms with van der Waals surface area (Å²) < 4.78 is 2.54. The van der Waals surface area contributed by atoms with Crippen LogP contribution in [0.4, 0.5) is 0 Å². The highest BCUT2D eigenvalue weighted by Crippen LogP contribution is 2.63. The van der Waals surface area contributed by atoms with Crippen LogP contribution in [0.5, 0.6) is 0 Å². The van der Waals surface area contributed by atoms with Crippen molar-refractivity contribution in [2.24, 2.45) is 0 Å². The second kappa shape index (κ2) is 17.1. The van der Waals surface area contributed by atoms with Crippen LogP contribution in [0.25, 0.3) is 60.9 Å². The summed E-state index contributed by atoms with van der Waals surface area (Å²) in [5, 5.41) is 22.9. The van der Waals surface area contributed by atoms with Crippen LogP contribution in [0.3, 0.4) is 0 Å². The summed E-state index contributed by atoms with van der Waals surface area (Å²) >= 11 is 0. The summed E-state index contributed by atoms with van der Waals surface area (Å²) in [5.41, 5.74) is 18.8. The van der Waals surface area contributed by atoms with Gasteiger partial charge in [-0.05, 0) is 165 Å². The molecule has 3 heteroatoms. The van der Waals surface area contributed by atoms with Crippen molar-refractivity contribution in [3.05, 3.63) is 184 Å². The third kappa shape index (κ3) is 6.60. The number of unbranched alkanes of at least 4 members (excludes halogenated alkanes) is 4. The van der Waals surface area contributed by atoms with Gasteiger partial charge in [-0.2, -0.15) is 10.5 Å². The molecule has 10 rings (SSSR count). The molecule has 7 aromatic carbocycles. The van der Waals surface area contributed by atoms with Crippen LogP contribution in [0.15, 0.2) is 140 Å². The molecule has 0 amide bonds. The molecule has 2 aliphatic rings. The summed E-state index contributed by atoms with van der Waals surface area (Å²) in [6.45, 7) is 9.36. The Morgan fingerprint density at radius 3 is 1.59 bits per heavy atom. The molecular weight excluding hydrogens is 775 g/mol. The average Bonchev–Trinajstić information content (AvgIpc) is 3.94. The van der Waals surface area contributed by atoms with Gasteiger partial charge in [0.25, 0.3) is 0 Å². The van der Waals surface area contributed by atoms with Crippen molar-refractivity contribution in [3.63, 3.8) is 0 Å². The van der Waals surface area contributed by atoms with Crippen molar-refractivity contribution in [1.29, 1.82) is 10.5 Å². The van der Waals surface area contributed by atoms with E-state index in [9.17, 15) is 10.5 Å². The highest BCUT2D eigenvalue weighted by Gasteiger charge is 2.52. The van der Waals surface area contributed by atoms with E-state index in [2.05, 4.69) is 172 Å². The molecule has 0 fully saturated rings. The van der Waals surface area contributed by atoms with E-state index in [4.69, 9.17) is 0 Å². The maximum atomic E-state index is 10.2. The molecule has 0 radical (unpaired) electrons. The maximum absolute atomic E-state index is 10.2. The number of rotatable bonds is 14. The van der Waals surface area contributed by atoms with Crippen molar-refractivity contribution in [3.8, 4) is 51.2 Å². The molecule has 0 saturated heterocycles. The number of para-hydroxylation sites is 1. The third-order valence-electron chi connectivity index (χ3n) is 14.9. The van der Waals surface area contributed by atoms with E-state index < -0.39 is 5.41 Å². The van der Waals surface area contributed by atoms with Gasteiger partial charge in [-0.3, -0.25) is 0 Å². The smallest absolute Gasteiger partial charge is 0.0991 e. The SMILES string of the molecule is CCCCCC(CC)c1cc(C(CC)CCCCC)cc(-n2c3ccccc3c3cc(-c4ccc5c(c4)C4(c6ccccc6-5)c5cc(C#N)ccc5-c5ccc(C#N)cc54)ccc32)c1. The fourth-order valence-corrected chi connectivity index (χ4v) is 11.7. The van der Waals surface area contributed by atoms with E-state index in [0.717, 1.165) is 46.2 Å². The first-order chi connectivity index (χ1) is 31.5. The number of hydrogen-bond acceptors (Lipinski definition) is 2. The van der Waals surface area contributed by atoms with Gasteiger partial charge in [0, 0.05) is 16.5 Å². The van der Waals surface area contributed by atoms with Gasteiger partial charge in [-0.25, -0.2) is 0 Å². The van der Waals surface area contributed by atoms with Gasteiger partial charge < -0.3 is 4.57 Å². The lowest BCUT2D eigenvalue weighted by Crippen LogP contribution is -2.26. The van der Waals surface area contributed by atoms with Gasteiger partial charge in [0.15, 0.2) is 0 Å². The molecular formula is C61H57N3. The van der Waals surface area contributed by atoms with E-state index in [1.807, 2.05) is 12.1 Å². The predicted octanol–water partition coefficient (Wildman–Crippen LogP) is 16.7. The fraction of sp³-hybridized carbons (Fsp3) is 0.279. The van der Waals surface area contributed by atoms with E-state index in [-0.39, 0.29) is 0 Å². The van der Waals surface area contributed by atoms with Gasteiger partial charge in [0.1, 0.15) is 0 Å². The van der Waals surface area contributed by atoms with Crippen molar-refractivity contribution in [2.45, 2.75) is 109 Å². The second-order valence-corrected chi connectivity index (χ2v) is 18.4. The molecule has 2 unspecified atom stereocenters. The van der Waals surface area contributed by atoms with E-state index in [0.29, 0.717) is 23.0 Å². The third-order valence-corrected chi connectivity index (χ3v) is 14.9. The Morgan fingerprint density at radius 2 is 0.984 bits per heavy atom. The van der Waals surface area contributed by atoms with Gasteiger partial charge >= 0.3 is 0 Å². The molecule has 8 aromatic rings. The number of hydrogen-bond donors (Lipinski definition) is 0. The monoisotopic (exact) mass is 831 g/mol. The Kier molecular flexibility index (Phi) is 11.1. The van der Waals surface area contributed by atoms with Crippen LogP contribution in [0.1, 0.15) is 148 Å². The lowest BCUT2D eigenvalue weighted by atomic mass is 9.70. The zero-order valence-electron chi connectivity index (χ0n) is 37.8. The maximum Gasteiger partial charge on any atom is 0.0991 e. The van der Waals surface area contributed by atoms with Gasteiger partial charge in [0.05, 0.1) is 39.7 Å². The Labute approximate surface area is 379 Å². The number of nitrogens with zero attached hydrogens (tertiary/aromatic N) is 3. The first kappa shape index (κ1) is 41.3. The van der Waals surface area contributed by atoms with Gasteiger partial charge in [-0.1, -0.05) is 145 Å². The highest BCUT2D eigenvalue weighted by atomic mass is 15.0.